The van der Waals surface area contributed by atoms with Crippen LogP contribution in [0.25, 0.3) is 0 Å². The van der Waals surface area contributed by atoms with Gasteiger partial charge in [0.05, 0.1) is 0 Å². The molecule has 0 bridgehead atoms. The van der Waals surface area contributed by atoms with Gasteiger partial charge in [-0.15, -0.1) is 0 Å². The van der Waals surface area contributed by atoms with Crippen molar-refractivity contribution in [2.24, 2.45) is 11.3 Å². The second kappa shape index (κ2) is 10.2. The molecule has 0 aliphatic carbocycles. The zero-order valence-electron chi connectivity index (χ0n) is 20.5. The molecule has 0 saturated carbocycles. The number of hydrogen-bond donors (Lipinski definition) is 0. The molecule has 0 amide bonds. The van der Waals surface area contributed by atoms with Gasteiger partial charge in [-0.3, -0.25) is 0 Å². The van der Waals surface area contributed by atoms with Gasteiger partial charge in [0.1, 0.15) is 10.7 Å². The van der Waals surface area contributed by atoms with Crippen molar-refractivity contribution in [3.8, 4) is 0 Å². The largest absolute Gasteiger partial charge is 0.381 e. The van der Waals surface area contributed by atoms with E-state index in [1.807, 2.05) is 0 Å². The van der Waals surface area contributed by atoms with E-state index in [-0.39, 0.29) is 36.2 Å². The number of ether oxygens (including phenoxy) is 1. The lowest BCUT2D eigenvalue weighted by Crippen LogP contribution is -2.51. The van der Waals surface area contributed by atoms with Gasteiger partial charge < -0.3 is 14.5 Å². The summed E-state index contributed by atoms with van der Waals surface area (Å²) in [5.74, 6) is -1.34. The molecular formula is C25H38F2N4O3S. The molecule has 7 nitrogen and oxygen atoms in total. The van der Waals surface area contributed by atoms with Crippen LogP contribution in [0.3, 0.4) is 0 Å². The van der Waals surface area contributed by atoms with E-state index in [1.54, 1.807) is 21.3 Å². The summed E-state index contributed by atoms with van der Waals surface area (Å²) in [6.45, 7) is 6.53. The summed E-state index contributed by atoms with van der Waals surface area (Å²) in [5, 5.41) is 0. The third-order valence-electron chi connectivity index (χ3n) is 8.58. The van der Waals surface area contributed by atoms with Crippen molar-refractivity contribution in [1.29, 1.82) is 0 Å². The molecule has 0 radical (unpaired) electrons. The predicted octanol–water partition coefficient (Wildman–Crippen LogP) is 3.61. The van der Waals surface area contributed by atoms with Crippen LogP contribution in [-0.4, -0.2) is 87.6 Å². The van der Waals surface area contributed by atoms with Gasteiger partial charge in [-0.2, -0.15) is 4.31 Å². The van der Waals surface area contributed by atoms with Crippen LogP contribution >= 0.6 is 0 Å². The van der Waals surface area contributed by atoms with Crippen LogP contribution in [0, 0.1) is 11.3 Å². The number of likely N-dealkylation sites (tertiary alicyclic amines) is 1. The third-order valence-corrected chi connectivity index (χ3v) is 10.4. The predicted molar refractivity (Wildman–Crippen MR) is 130 cm³/mol. The minimum Gasteiger partial charge on any atom is -0.381 e. The summed E-state index contributed by atoms with van der Waals surface area (Å²) < 4.78 is 61.0. The van der Waals surface area contributed by atoms with E-state index in [0.29, 0.717) is 18.9 Å². The number of piperidine rings is 3. The summed E-state index contributed by atoms with van der Waals surface area (Å²) in [6, 6.07) is 3.24. The first-order valence-electron chi connectivity index (χ1n) is 13.1. The molecule has 196 valence electrons. The Morgan fingerprint density at radius 2 is 1.69 bits per heavy atom. The van der Waals surface area contributed by atoms with Crippen molar-refractivity contribution >= 4 is 15.8 Å². The lowest BCUT2D eigenvalue weighted by molar-refractivity contribution is -0.0221. The maximum atomic E-state index is 13.5. The zero-order valence-corrected chi connectivity index (χ0v) is 21.3. The van der Waals surface area contributed by atoms with E-state index in [1.165, 1.54) is 6.20 Å². The van der Waals surface area contributed by atoms with Gasteiger partial charge >= 0.3 is 0 Å². The van der Waals surface area contributed by atoms with Crippen LogP contribution < -0.4 is 4.90 Å². The number of alkyl halides is 2. The molecule has 0 unspecified atom stereocenters. The first-order valence-corrected chi connectivity index (χ1v) is 14.6. The summed E-state index contributed by atoms with van der Waals surface area (Å²) in [7, 11) is -3.63. The van der Waals surface area contributed by atoms with Gasteiger partial charge in [-0.1, -0.05) is 0 Å². The number of anilines is 1. The standard InChI is InChI=1S/C25H38F2N4O3S/c26-25(27)9-14-30(15-10-25)23-3-2-22(18-28-23)35(32,33)31-11-1-6-24(20-31)7-12-29(13-8-24)19-21-4-16-34-17-5-21/h2-3,18,21H,1,4-17,19-20H2. The van der Waals surface area contributed by atoms with Crippen molar-refractivity contribution in [2.45, 2.75) is 62.2 Å². The van der Waals surface area contributed by atoms with Gasteiger partial charge in [0.2, 0.25) is 10.0 Å². The van der Waals surface area contributed by atoms with E-state index in [2.05, 4.69) is 9.88 Å². The van der Waals surface area contributed by atoms with Gasteiger partial charge in [0, 0.05) is 65.0 Å². The van der Waals surface area contributed by atoms with E-state index < -0.39 is 15.9 Å². The molecule has 4 aliphatic rings. The third kappa shape index (κ3) is 5.81. The Morgan fingerprint density at radius 1 is 0.971 bits per heavy atom. The molecule has 4 aliphatic heterocycles. The smallest absolute Gasteiger partial charge is 0.251 e. The van der Waals surface area contributed by atoms with E-state index >= 15 is 0 Å². The molecule has 10 heteroatoms. The number of pyridine rings is 1. The minimum absolute atomic E-state index is 0.0594. The highest BCUT2D eigenvalue weighted by molar-refractivity contribution is 7.89. The lowest BCUT2D eigenvalue weighted by Gasteiger charge is -2.47. The van der Waals surface area contributed by atoms with Gasteiger partial charge in [0.25, 0.3) is 5.92 Å². The Labute approximate surface area is 207 Å². The number of aromatic nitrogens is 1. The topological polar surface area (TPSA) is 66.0 Å². The first-order chi connectivity index (χ1) is 16.7. The molecule has 5 heterocycles. The molecule has 0 N–H and O–H groups in total. The van der Waals surface area contributed by atoms with Gasteiger partial charge in [-0.25, -0.2) is 22.2 Å². The zero-order chi connectivity index (χ0) is 24.5. The first kappa shape index (κ1) is 25.3. The normalized spacial score (nSPS) is 26.7. The van der Waals surface area contributed by atoms with Crippen LogP contribution in [-0.2, 0) is 14.8 Å². The maximum Gasteiger partial charge on any atom is 0.251 e. The Hall–Kier alpha value is -1.36. The highest BCUT2D eigenvalue weighted by Gasteiger charge is 2.42. The van der Waals surface area contributed by atoms with Crippen molar-refractivity contribution in [3.05, 3.63) is 18.3 Å². The Bertz CT molecular complexity index is 951. The van der Waals surface area contributed by atoms with Crippen LogP contribution in [0.5, 0.6) is 0 Å². The summed E-state index contributed by atoms with van der Waals surface area (Å²) >= 11 is 0. The molecular weight excluding hydrogens is 474 g/mol. The molecule has 35 heavy (non-hydrogen) atoms. The van der Waals surface area contributed by atoms with Crippen molar-refractivity contribution in [1.82, 2.24) is 14.2 Å². The fraction of sp³-hybridized carbons (Fsp3) is 0.800. The fourth-order valence-electron chi connectivity index (χ4n) is 6.20. The second-order valence-corrected chi connectivity index (χ2v) is 12.9. The average molecular weight is 513 g/mol. The maximum absolute atomic E-state index is 13.5. The Morgan fingerprint density at radius 3 is 2.34 bits per heavy atom. The Balaban J connectivity index is 1.19. The van der Waals surface area contributed by atoms with E-state index in [9.17, 15) is 17.2 Å². The lowest BCUT2D eigenvalue weighted by atomic mass is 9.73. The Kier molecular flexibility index (Phi) is 7.36. The fourth-order valence-corrected chi connectivity index (χ4v) is 7.74. The number of rotatable bonds is 5. The highest BCUT2D eigenvalue weighted by Crippen LogP contribution is 2.41. The quantitative estimate of drug-likeness (QED) is 0.601. The summed E-state index contributed by atoms with van der Waals surface area (Å²) in [6.07, 6.45) is 7.34. The summed E-state index contributed by atoms with van der Waals surface area (Å²) in [4.78, 5) is 8.90. The monoisotopic (exact) mass is 512 g/mol. The molecule has 1 aromatic rings. The molecule has 1 spiro atoms. The SMILES string of the molecule is O=S(=O)(c1ccc(N2CCC(F)(F)CC2)nc1)N1CCCC2(CCN(CC3CCOCC3)CC2)C1. The van der Waals surface area contributed by atoms with Gasteiger partial charge in [0.15, 0.2) is 0 Å². The van der Waals surface area contributed by atoms with Crippen molar-refractivity contribution < 1.29 is 21.9 Å². The molecule has 0 atom stereocenters. The molecule has 4 fully saturated rings. The summed E-state index contributed by atoms with van der Waals surface area (Å²) in [5.41, 5.74) is 0.0594. The van der Waals surface area contributed by atoms with E-state index in [4.69, 9.17) is 4.74 Å². The van der Waals surface area contributed by atoms with Crippen molar-refractivity contribution in [2.75, 3.05) is 63.9 Å². The number of hydrogen-bond acceptors (Lipinski definition) is 6. The number of halogens is 2. The van der Waals surface area contributed by atoms with Crippen LogP contribution in [0.1, 0.15) is 51.4 Å². The second-order valence-electron chi connectivity index (χ2n) is 11.0. The van der Waals surface area contributed by atoms with Crippen molar-refractivity contribution in [3.63, 3.8) is 0 Å². The molecule has 1 aromatic heterocycles. The highest BCUT2D eigenvalue weighted by atomic mass is 32.2. The van der Waals surface area contributed by atoms with Crippen LogP contribution in [0.2, 0.25) is 0 Å². The van der Waals surface area contributed by atoms with Crippen LogP contribution in [0.4, 0.5) is 14.6 Å². The van der Waals surface area contributed by atoms with Crippen LogP contribution in [0.15, 0.2) is 23.2 Å². The molecule has 0 aromatic carbocycles. The number of sulfonamides is 1. The molecule has 5 rings (SSSR count). The van der Waals surface area contributed by atoms with Gasteiger partial charge in [-0.05, 0) is 75.1 Å². The molecule has 4 saturated heterocycles. The number of nitrogens with zero attached hydrogens (tertiary/aromatic N) is 4. The average Bonchev–Trinajstić information content (AvgIpc) is 2.86. The van der Waals surface area contributed by atoms with E-state index in [0.717, 1.165) is 77.3 Å². The minimum atomic E-state index is -3.63.